The number of carbonyl (C=O) groups is 1. The fourth-order valence-corrected chi connectivity index (χ4v) is 2.86. The minimum Gasteiger partial charge on any atom is -0.481 e. The van der Waals surface area contributed by atoms with Crippen LogP contribution < -0.4 is 5.73 Å². The lowest BCUT2D eigenvalue weighted by Crippen LogP contribution is -2.49. The predicted octanol–water partition coefficient (Wildman–Crippen LogP) is 1.54. The van der Waals surface area contributed by atoms with Crippen molar-refractivity contribution in [1.29, 1.82) is 0 Å². The molecule has 0 aromatic rings. The van der Waals surface area contributed by atoms with Gasteiger partial charge in [0.1, 0.15) is 0 Å². The highest BCUT2D eigenvalue weighted by atomic mass is 16.4. The molecular formula is C13H26N2O2. The minimum atomic E-state index is -0.718. The van der Waals surface area contributed by atoms with Gasteiger partial charge in [-0.15, -0.1) is 0 Å². The van der Waals surface area contributed by atoms with E-state index in [1.807, 2.05) is 14.0 Å². The Morgan fingerprint density at radius 3 is 2.53 bits per heavy atom. The van der Waals surface area contributed by atoms with Crippen LogP contribution in [0.3, 0.4) is 0 Å². The number of aliphatic carboxylic acids is 1. The van der Waals surface area contributed by atoms with Crippen LogP contribution in [0.1, 0.15) is 39.5 Å². The van der Waals surface area contributed by atoms with Gasteiger partial charge in [-0.05, 0) is 39.3 Å². The lowest BCUT2D eigenvalue weighted by atomic mass is 9.82. The number of hydrogen-bond acceptors (Lipinski definition) is 3. The molecule has 3 N–H and O–H groups in total. The fraction of sp³-hybridized carbons (Fsp3) is 0.923. The third-order valence-corrected chi connectivity index (χ3v) is 4.45. The molecule has 0 bridgehead atoms. The van der Waals surface area contributed by atoms with Crippen molar-refractivity contribution >= 4 is 5.97 Å². The van der Waals surface area contributed by atoms with E-state index in [-0.39, 0.29) is 12.0 Å². The molecule has 0 aliphatic heterocycles. The molecule has 0 amide bonds. The second kappa shape index (κ2) is 6.36. The smallest absolute Gasteiger partial charge is 0.307 e. The van der Waals surface area contributed by atoms with Gasteiger partial charge in [-0.25, -0.2) is 0 Å². The highest BCUT2D eigenvalue weighted by molar-refractivity contribution is 5.70. The van der Waals surface area contributed by atoms with E-state index >= 15 is 0 Å². The van der Waals surface area contributed by atoms with Crippen molar-refractivity contribution in [3.63, 3.8) is 0 Å². The van der Waals surface area contributed by atoms with Gasteiger partial charge in [-0.2, -0.15) is 0 Å². The lowest BCUT2D eigenvalue weighted by molar-refractivity contribution is -0.143. The average molecular weight is 242 g/mol. The van der Waals surface area contributed by atoms with Gasteiger partial charge in [0.15, 0.2) is 0 Å². The summed E-state index contributed by atoms with van der Waals surface area (Å²) in [5, 5.41) is 9.07. The summed E-state index contributed by atoms with van der Waals surface area (Å²) in [6.07, 6.45) is 4.82. The molecule has 1 aliphatic rings. The number of carboxylic acid groups (broad SMARTS) is 1. The number of hydrogen-bond donors (Lipinski definition) is 2. The molecule has 0 aromatic carbocycles. The van der Waals surface area contributed by atoms with Crippen molar-refractivity contribution < 1.29 is 9.90 Å². The average Bonchev–Trinajstić information content (AvgIpc) is 2.35. The van der Waals surface area contributed by atoms with Gasteiger partial charge in [0.2, 0.25) is 0 Å². The molecule has 1 fully saturated rings. The Bertz CT molecular complexity index is 258. The van der Waals surface area contributed by atoms with E-state index in [4.69, 9.17) is 10.8 Å². The third kappa shape index (κ3) is 3.42. The summed E-state index contributed by atoms with van der Waals surface area (Å²) >= 11 is 0. The van der Waals surface area contributed by atoms with Crippen LogP contribution in [0.15, 0.2) is 0 Å². The van der Waals surface area contributed by atoms with Crippen LogP contribution in [0.5, 0.6) is 0 Å². The van der Waals surface area contributed by atoms with Gasteiger partial charge in [0, 0.05) is 12.1 Å². The van der Waals surface area contributed by atoms with Crippen molar-refractivity contribution in [2.24, 2.45) is 17.6 Å². The molecule has 1 rings (SSSR count). The lowest BCUT2D eigenvalue weighted by Gasteiger charge is -2.41. The molecule has 4 nitrogen and oxygen atoms in total. The van der Waals surface area contributed by atoms with Crippen molar-refractivity contribution in [3.8, 4) is 0 Å². The first-order valence-corrected chi connectivity index (χ1v) is 6.63. The van der Waals surface area contributed by atoms with Gasteiger partial charge in [-0.1, -0.05) is 19.8 Å². The zero-order valence-electron chi connectivity index (χ0n) is 11.2. The maximum atomic E-state index is 11.0. The maximum absolute atomic E-state index is 11.0. The molecule has 0 heterocycles. The van der Waals surface area contributed by atoms with Crippen LogP contribution in [0.25, 0.3) is 0 Å². The summed E-state index contributed by atoms with van der Waals surface area (Å²) < 4.78 is 0. The Morgan fingerprint density at radius 2 is 2.00 bits per heavy atom. The van der Waals surface area contributed by atoms with Gasteiger partial charge >= 0.3 is 5.97 Å². The first-order chi connectivity index (χ1) is 7.99. The van der Waals surface area contributed by atoms with Crippen LogP contribution in [-0.2, 0) is 4.79 Å². The Labute approximate surface area is 104 Å². The Balaban J connectivity index is 2.66. The standard InChI is InChI=1S/C13H26N2O2/c1-9(13(16)17)10(2)15(3)12-7-5-4-6-11(12)8-14/h9-12H,4-8,14H2,1-3H3,(H,16,17). The largest absolute Gasteiger partial charge is 0.481 e. The number of nitrogens with two attached hydrogens (primary N) is 1. The molecule has 4 atom stereocenters. The molecule has 100 valence electrons. The summed E-state index contributed by atoms with van der Waals surface area (Å²) in [7, 11) is 2.04. The maximum Gasteiger partial charge on any atom is 0.307 e. The van der Waals surface area contributed by atoms with Crippen LogP contribution in [0, 0.1) is 11.8 Å². The van der Waals surface area contributed by atoms with Crippen LogP contribution in [0.2, 0.25) is 0 Å². The topological polar surface area (TPSA) is 66.6 Å². The summed E-state index contributed by atoms with van der Waals surface area (Å²) in [4.78, 5) is 13.3. The highest BCUT2D eigenvalue weighted by Gasteiger charge is 2.32. The quantitative estimate of drug-likeness (QED) is 0.767. The molecular weight excluding hydrogens is 216 g/mol. The van der Waals surface area contributed by atoms with Gasteiger partial charge in [0.25, 0.3) is 0 Å². The first-order valence-electron chi connectivity index (χ1n) is 6.63. The summed E-state index contributed by atoms with van der Waals surface area (Å²) in [5.41, 5.74) is 5.82. The second-order valence-corrected chi connectivity index (χ2v) is 5.38. The minimum absolute atomic E-state index is 0.0599. The Hall–Kier alpha value is -0.610. The van der Waals surface area contributed by atoms with E-state index in [2.05, 4.69) is 4.90 Å². The van der Waals surface area contributed by atoms with Gasteiger partial charge in [-0.3, -0.25) is 9.69 Å². The fourth-order valence-electron chi connectivity index (χ4n) is 2.86. The van der Waals surface area contributed by atoms with E-state index in [1.54, 1.807) is 6.92 Å². The van der Waals surface area contributed by atoms with Gasteiger partial charge in [0.05, 0.1) is 5.92 Å². The number of nitrogens with zero attached hydrogens (tertiary/aromatic N) is 1. The zero-order valence-corrected chi connectivity index (χ0v) is 11.2. The Kier molecular flexibility index (Phi) is 5.40. The monoisotopic (exact) mass is 242 g/mol. The molecule has 4 unspecified atom stereocenters. The summed E-state index contributed by atoms with van der Waals surface area (Å²) in [5.74, 6) is -0.526. The molecule has 1 aliphatic carbocycles. The molecule has 0 saturated heterocycles. The van der Waals surface area contributed by atoms with E-state index in [0.717, 1.165) is 6.42 Å². The predicted molar refractivity (Wildman–Crippen MR) is 68.8 cm³/mol. The van der Waals surface area contributed by atoms with Crippen LogP contribution in [0.4, 0.5) is 0 Å². The van der Waals surface area contributed by atoms with E-state index in [0.29, 0.717) is 18.5 Å². The van der Waals surface area contributed by atoms with E-state index in [9.17, 15) is 4.79 Å². The Morgan fingerprint density at radius 1 is 1.41 bits per heavy atom. The first kappa shape index (κ1) is 14.5. The molecule has 0 radical (unpaired) electrons. The normalized spacial score (nSPS) is 29.0. The number of carboxylic acids is 1. The SMILES string of the molecule is CC(C(=O)O)C(C)N(C)C1CCCCC1CN. The van der Waals surface area contributed by atoms with Crippen LogP contribution >= 0.6 is 0 Å². The summed E-state index contributed by atoms with van der Waals surface area (Å²) in [6, 6.07) is 0.509. The van der Waals surface area contributed by atoms with Crippen molar-refractivity contribution in [3.05, 3.63) is 0 Å². The van der Waals surface area contributed by atoms with Crippen molar-refractivity contribution in [1.82, 2.24) is 4.90 Å². The van der Waals surface area contributed by atoms with E-state index in [1.165, 1.54) is 19.3 Å². The molecule has 17 heavy (non-hydrogen) atoms. The van der Waals surface area contributed by atoms with Crippen molar-refractivity contribution in [2.45, 2.75) is 51.6 Å². The molecule has 4 heteroatoms. The number of rotatable bonds is 5. The van der Waals surface area contributed by atoms with Crippen molar-refractivity contribution in [2.75, 3.05) is 13.6 Å². The molecule has 1 saturated carbocycles. The summed E-state index contributed by atoms with van der Waals surface area (Å²) in [6.45, 7) is 4.49. The highest BCUT2D eigenvalue weighted by Crippen LogP contribution is 2.29. The molecule has 0 aromatic heterocycles. The third-order valence-electron chi connectivity index (χ3n) is 4.45. The van der Waals surface area contributed by atoms with E-state index < -0.39 is 5.97 Å². The molecule has 0 spiro atoms. The van der Waals surface area contributed by atoms with Crippen LogP contribution in [-0.4, -0.2) is 41.7 Å². The van der Waals surface area contributed by atoms with Gasteiger partial charge < -0.3 is 10.8 Å². The zero-order chi connectivity index (χ0) is 13.0. The second-order valence-electron chi connectivity index (χ2n) is 5.38.